The van der Waals surface area contributed by atoms with Crippen LogP contribution in [0.1, 0.15) is 31.9 Å². The van der Waals surface area contributed by atoms with Crippen LogP contribution < -0.4 is 10.2 Å². The van der Waals surface area contributed by atoms with Crippen molar-refractivity contribution in [3.63, 3.8) is 0 Å². The fourth-order valence-corrected chi connectivity index (χ4v) is 2.32. The van der Waals surface area contributed by atoms with Crippen molar-refractivity contribution in [3.05, 3.63) is 23.9 Å². The molecule has 1 N–H and O–H groups in total. The third-order valence-electron chi connectivity index (χ3n) is 3.70. The molecule has 0 spiro atoms. The van der Waals surface area contributed by atoms with E-state index >= 15 is 0 Å². The first-order valence-corrected chi connectivity index (χ1v) is 6.73. The van der Waals surface area contributed by atoms with Crippen molar-refractivity contribution in [2.45, 2.75) is 32.4 Å². The number of anilines is 1. The van der Waals surface area contributed by atoms with Crippen molar-refractivity contribution in [2.75, 3.05) is 31.7 Å². The molecule has 2 atom stereocenters. The van der Waals surface area contributed by atoms with Crippen molar-refractivity contribution < 1.29 is 4.74 Å². The molecule has 1 aliphatic heterocycles. The molecule has 4 heteroatoms. The molecule has 0 radical (unpaired) electrons. The molecule has 0 aromatic carbocycles. The molecule has 1 fully saturated rings. The predicted octanol–water partition coefficient (Wildman–Crippen LogP) is 1.98. The van der Waals surface area contributed by atoms with Gasteiger partial charge < -0.3 is 15.0 Å². The van der Waals surface area contributed by atoms with Gasteiger partial charge in [-0.2, -0.15) is 0 Å². The van der Waals surface area contributed by atoms with E-state index in [0.717, 1.165) is 32.0 Å². The van der Waals surface area contributed by atoms with Crippen molar-refractivity contribution in [1.82, 2.24) is 10.3 Å². The Hall–Kier alpha value is -1.13. The zero-order chi connectivity index (χ0) is 13.0. The Morgan fingerprint density at radius 2 is 2.44 bits per heavy atom. The van der Waals surface area contributed by atoms with Gasteiger partial charge in [0.05, 0.1) is 19.3 Å². The van der Waals surface area contributed by atoms with E-state index in [0.29, 0.717) is 12.1 Å². The summed E-state index contributed by atoms with van der Waals surface area (Å²) in [5.74, 6) is 1.07. The molecule has 1 saturated heterocycles. The number of morpholine rings is 1. The lowest BCUT2D eigenvalue weighted by Gasteiger charge is -2.36. The van der Waals surface area contributed by atoms with E-state index in [9.17, 15) is 0 Å². The van der Waals surface area contributed by atoms with E-state index < -0.39 is 0 Å². The summed E-state index contributed by atoms with van der Waals surface area (Å²) in [6.45, 7) is 6.90. The first-order chi connectivity index (χ1) is 8.76. The molecule has 0 bridgehead atoms. The molecule has 0 saturated carbocycles. The number of aromatic nitrogens is 1. The van der Waals surface area contributed by atoms with Crippen LogP contribution in [0.5, 0.6) is 0 Å². The summed E-state index contributed by atoms with van der Waals surface area (Å²) in [4.78, 5) is 6.89. The lowest BCUT2D eigenvalue weighted by atomic mass is 10.1. The Morgan fingerprint density at radius 1 is 1.61 bits per heavy atom. The fraction of sp³-hybridized carbons (Fsp3) is 0.643. The van der Waals surface area contributed by atoms with Gasteiger partial charge in [0.25, 0.3) is 0 Å². The number of pyridine rings is 1. The normalized spacial score (nSPS) is 21.9. The van der Waals surface area contributed by atoms with Crippen molar-refractivity contribution in [2.24, 2.45) is 0 Å². The van der Waals surface area contributed by atoms with E-state index in [2.05, 4.69) is 41.2 Å². The zero-order valence-electron chi connectivity index (χ0n) is 11.5. The Morgan fingerprint density at radius 3 is 3.17 bits per heavy atom. The van der Waals surface area contributed by atoms with Crippen LogP contribution in [-0.4, -0.2) is 37.8 Å². The second kappa shape index (κ2) is 6.16. The minimum absolute atomic E-state index is 0.355. The minimum Gasteiger partial charge on any atom is -0.377 e. The zero-order valence-corrected chi connectivity index (χ0v) is 11.5. The van der Waals surface area contributed by atoms with E-state index in [1.807, 2.05) is 13.2 Å². The molecule has 1 aliphatic rings. The van der Waals surface area contributed by atoms with Gasteiger partial charge in [0.2, 0.25) is 0 Å². The van der Waals surface area contributed by atoms with Crippen molar-refractivity contribution in [1.29, 1.82) is 0 Å². The summed E-state index contributed by atoms with van der Waals surface area (Å²) in [6.07, 6.45) is 2.99. The van der Waals surface area contributed by atoms with E-state index in [1.54, 1.807) is 0 Å². The summed E-state index contributed by atoms with van der Waals surface area (Å²) < 4.78 is 5.54. The number of nitrogens with one attached hydrogen (secondary N) is 1. The van der Waals surface area contributed by atoms with Gasteiger partial charge in [-0.3, -0.25) is 0 Å². The SMILES string of the molecule is CCC1COCCN1c1cc(C(C)NC)ccn1. The molecule has 0 amide bonds. The Kier molecular flexibility index (Phi) is 4.55. The Bertz CT molecular complexity index is 383. The van der Waals surface area contributed by atoms with Gasteiger partial charge in [-0.15, -0.1) is 0 Å². The van der Waals surface area contributed by atoms with E-state index in [1.165, 1.54) is 5.56 Å². The Labute approximate surface area is 109 Å². The van der Waals surface area contributed by atoms with Crippen LogP contribution in [0.25, 0.3) is 0 Å². The van der Waals surface area contributed by atoms with Gasteiger partial charge in [-0.25, -0.2) is 4.98 Å². The van der Waals surface area contributed by atoms with Crippen LogP contribution >= 0.6 is 0 Å². The molecule has 2 rings (SSSR count). The monoisotopic (exact) mass is 249 g/mol. The number of rotatable bonds is 4. The first-order valence-electron chi connectivity index (χ1n) is 6.73. The summed E-state index contributed by atoms with van der Waals surface area (Å²) >= 11 is 0. The second-order valence-corrected chi connectivity index (χ2v) is 4.79. The largest absolute Gasteiger partial charge is 0.377 e. The van der Waals surface area contributed by atoms with Crippen LogP contribution in [0, 0.1) is 0 Å². The first kappa shape index (κ1) is 13.3. The maximum Gasteiger partial charge on any atom is 0.129 e. The molecular formula is C14H23N3O. The highest BCUT2D eigenvalue weighted by molar-refractivity contribution is 5.43. The Balaban J connectivity index is 2.21. The quantitative estimate of drug-likeness (QED) is 0.885. The van der Waals surface area contributed by atoms with Gasteiger partial charge in [0, 0.05) is 18.8 Å². The van der Waals surface area contributed by atoms with Crippen LogP contribution in [-0.2, 0) is 4.74 Å². The average molecular weight is 249 g/mol. The second-order valence-electron chi connectivity index (χ2n) is 4.79. The fourth-order valence-electron chi connectivity index (χ4n) is 2.32. The van der Waals surface area contributed by atoms with Crippen LogP contribution in [0.4, 0.5) is 5.82 Å². The smallest absolute Gasteiger partial charge is 0.129 e. The minimum atomic E-state index is 0.355. The summed E-state index contributed by atoms with van der Waals surface area (Å²) in [5.41, 5.74) is 1.28. The summed E-state index contributed by atoms with van der Waals surface area (Å²) in [5, 5.41) is 3.27. The molecule has 100 valence electrons. The maximum atomic E-state index is 5.54. The number of hydrogen-bond donors (Lipinski definition) is 1. The van der Waals surface area contributed by atoms with E-state index in [-0.39, 0.29) is 0 Å². The molecule has 1 aromatic rings. The maximum absolute atomic E-state index is 5.54. The number of ether oxygens (including phenoxy) is 1. The third-order valence-corrected chi connectivity index (χ3v) is 3.70. The summed E-state index contributed by atoms with van der Waals surface area (Å²) in [7, 11) is 1.98. The van der Waals surface area contributed by atoms with Gasteiger partial charge >= 0.3 is 0 Å². The van der Waals surface area contributed by atoms with Gasteiger partial charge in [-0.05, 0) is 38.1 Å². The highest BCUT2D eigenvalue weighted by atomic mass is 16.5. The number of hydrogen-bond acceptors (Lipinski definition) is 4. The lowest BCUT2D eigenvalue weighted by molar-refractivity contribution is 0.0925. The van der Waals surface area contributed by atoms with Gasteiger partial charge in [-0.1, -0.05) is 6.92 Å². The topological polar surface area (TPSA) is 37.4 Å². The molecule has 2 heterocycles. The number of nitrogens with zero attached hydrogens (tertiary/aromatic N) is 2. The average Bonchev–Trinajstić information content (AvgIpc) is 2.46. The standard InChI is InChI=1S/C14H23N3O/c1-4-13-10-18-8-7-17(13)14-9-12(5-6-16-14)11(2)15-3/h5-6,9,11,13,15H,4,7-8,10H2,1-3H3. The molecule has 2 unspecified atom stereocenters. The van der Waals surface area contributed by atoms with E-state index in [4.69, 9.17) is 4.74 Å². The lowest BCUT2D eigenvalue weighted by Crippen LogP contribution is -2.45. The molecule has 18 heavy (non-hydrogen) atoms. The third kappa shape index (κ3) is 2.82. The van der Waals surface area contributed by atoms with Crippen LogP contribution in [0.15, 0.2) is 18.3 Å². The molecular weight excluding hydrogens is 226 g/mol. The van der Waals surface area contributed by atoms with Crippen LogP contribution in [0.3, 0.4) is 0 Å². The van der Waals surface area contributed by atoms with Crippen LogP contribution in [0.2, 0.25) is 0 Å². The van der Waals surface area contributed by atoms with Crippen molar-refractivity contribution in [3.8, 4) is 0 Å². The molecule has 1 aromatic heterocycles. The summed E-state index contributed by atoms with van der Waals surface area (Å²) in [6, 6.07) is 5.07. The highest BCUT2D eigenvalue weighted by Gasteiger charge is 2.22. The highest BCUT2D eigenvalue weighted by Crippen LogP contribution is 2.22. The predicted molar refractivity (Wildman–Crippen MR) is 74.0 cm³/mol. The van der Waals surface area contributed by atoms with Gasteiger partial charge in [0.1, 0.15) is 5.82 Å². The molecule has 0 aliphatic carbocycles. The van der Waals surface area contributed by atoms with Crippen molar-refractivity contribution >= 4 is 5.82 Å². The molecule has 4 nitrogen and oxygen atoms in total. The van der Waals surface area contributed by atoms with Gasteiger partial charge in [0.15, 0.2) is 0 Å².